The summed E-state index contributed by atoms with van der Waals surface area (Å²) in [6, 6.07) is 3.33. The van der Waals surface area contributed by atoms with Gasteiger partial charge in [-0.15, -0.1) is 13.2 Å². The van der Waals surface area contributed by atoms with Crippen molar-refractivity contribution >= 4 is 5.97 Å². The Morgan fingerprint density at radius 2 is 1.88 bits per heavy atom. The number of benzene rings is 1. The van der Waals surface area contributed by atoms with Gasteiger partial charge in [-0.3, -0.25) is 0 Å². The van der Waals surface area contributed by atoms with Crippen molar-refractivity contribution in [3.8, 4) is 11.5 Å². The largest absolute Gasteiger partial charge is 0.573 e. The minimum absolute atomic E-state index is 0.222. The number of ether oxygens (including phenoxy) is 3. The van der Waals surface area contributed by atoms with Crippen LogP contribution in [0.15, 0.2) is 18.2 Å². The zero-order chi connectivity index (χ0) is 13.1. The van der Waals surface area contributed by atoms with E-state index in [4.69, 9.17) is 4.74 Å². The van der Waals surface area contributed by atoms with Gasteiger partial charge in [-0.2, -0.15) is 0 Å². The molecule has 7 heteroatoms. The van der Waals surface area contributed by atoms with Crippen LogP contribution in [0.1, 0.15) is 10.4 Å². The molecule has 0 N–H and O–H groups in total. The standard InChI is InChI=1S/C10H9F3O4/c1-15-6-3-4-8(17-10(11,12)13)7(5-6)9(14)16-2/h3-5H,1-2H3. The summed E-state index contributed by atoms with van der Waals surface area (Å²) in [6.07, 6.45) is -4.88. The first-order valence-corrected chi connectivity index (χ1v) is 4.39. The van der Waals surface area contributed by atoms with Crippen LogP contribution < -0.4 is 9.47 Å². The van der Waals surface area contributed by atoms with E-state index in [0.29, 0.717) is 0 Å². The number of rotatable bonds is 3. The van der Waals surface area contributed by atoms with Crippen LogP contribution in [0, 0.1) is 0 Å². The highest BCUT2D eigenvalue weighted by Gasteiger charge is 2.33. The van der Waals surface area contributed by atoms with E-state index < -0.39 is 18.1 Å². The van der Waals surface area contributed by atoms with Crippen molar-refractivity contribution in [1.82, 2.24) is 0 Å². The summed E-state index contributed by atoms with van der Waals surface area (Å²) in [5.41, 5.74) is -0.357. The average molecular weight is 250 g/mol. The Bertz CT molecular complexity index is 415. The number of hydrogen-bond acceptors (Lipinski definition) is 4. The number of methoxy groups -OCH3 is 2. The van der Waals surface area contributed by atoms with Gasteiger partial charge in [0.05, 0.1) is 14.2 Å². The first-order valence-electron chi connectivity index (χ1n) is 4.39. The van der Waals surface area contributed by atoms with Gasteiger partial charge in [0.1, 0.15) is 17.1 Å². The van der Waals surface area contributed by atoms with Gasteiger partial charge < -0.3 is 14.2 Å². The number of esters is 1. The topological polar surface area (TPSA) is 44.8 Å². The van der Waals surface area contributed by atoms with Crippen LogP contribution in [0.2, 0.25) is 0 Å². The van der Waals surface area contributed by atoms with Crippen LogP contribution >= 0.6 is 0 Å². The monoisotopic (exact) mass is 250 g/mol. The van der Waals surface area contributed by atoms with Gasteiger partial charge in [-0.25, -0.2) is 4.79 Å². The zero-order valence-electron chi connectivity index (χ0n) is 9.00. The average Bonchev–Trinajstić information content (AvgIpc) is 2.26. The molecule has 0 saturated heterocycles. The lowest BCUT2D eigenvalue weighted by Crippen LogP contribution is -2.19. The van der Waals surface area contributed by atoms with E-state index in [1.165, 1.54) is 13.2 Å². The van der Waals surface area contributed by atoms with Gasteiger partial charge in [0, 0.05) is 0 Å². The molecule has 17 heavy (non-hydrogen) atoms. The molecule has 1 aromatic carbocycles. The third-order valence-corrected chi connectivity index (χ3v) is 1.82. The maximum absolute atomic E-state index is 12.1. The molecule has 94 valence electrons. The van der Waals surface area contributed by atoms with Crippen molar-refractivity contribution in [2.75, 3.05) is 14.2 Å². The second-order valence-electron chi connectivity index (χ2n) is 2.90. The zero-order valence-corrected chi connectivity index (χ0v) is 9.00. The van der Waals surface area contributed by atoms with Crippen molar-refractivity contribution in [2.24, 2.45) is 0 Å². The van der Waals surface area contributed by atoms with E-state index in [1.54, 1.807) is 0 Å². The van der Waals surface area contributed by atoms with Crippen molar-refractivity contribution < 1.29 is 32.2 Å². The number of carbonyl (C=O) groups excluding carboxylic acids is 1. The lowest BCUT2D eigenvalue weighted by Gasteiger charge is -2.12. The Kier molecular flexibility index (Phi) is 3.82. The molecule has 0 saturated carbocycles. The molecular formula is C10H9F3O4. The molecule has 0 unspecified atom stereocenters. The molecule has 0 atom stereocenters. The molecule has 0 aliphatic carbocycles. The smallest absolute Gasteiger partial charge is 0.497 e. The van der Waals surface area contributed by atoms with Crippen LogP contribution in [0.3, 0.4) is 0 Å². The highest BCUT2D eigenvalue weighted by Crippen LogP contribution is 2.29. The maximum Gasteiger partial charge on any atom is 0.573 e. The van der Waals surface area contributed by atoms with E-state index in [1.807, 2.05) is 0 Å². The number of alkyl halides is 3. The van der Waals surface area contributed by atoms with E-state index >= 15 is 0 Å². The van der Waals surface area contributed by atoms with Crippen molar-refractivity contribution in [2.45, 2.75) is 6.36 Å². The minimum atomic E-state index is -4.88. The second kappa shape index (κ2) is 4.94. The van der Waals surface area contributed by atoms with E-state index in [0.717, 1.165) is 19.2 Å². The minimum Gasteiger partial charge on any atom is -0.497 e. The predicted octanol–water partition coefficient (Wildman–Crippen LogP) is 2.38. The first-order chi connectivity index (χ1) is 7.87. The van der Waals surface area contributed by atoms with E-state index in [2.05, 4.69) is 9.47 Å². The molecule has 4 nitrogen and oxygen atoms in total. The van der Waals surface area contributed by atoms with Gasteiger partial charge in [-0.1, -0.05) is 0 Å². The summed E-state index contributed by atoms with van der Waals surface area (Å²) in [7, 11) is 2.37. The summed E-state index contributed by atoms with van der Waals surface area (Å²) in [4.78, 5) is 11.3. The summed E-state index contributed by atoms with van der Waals surface area (Å²) < 4.78 is 49.0. The Hall–Kier alpha value is -1.92. The highest BCUT2D eigenvalue weighted by atomic mass is 19.4. The lowest BCUT2D eigenvalue weighted by molar-refractivity contribution is -0.274. The number of halogens is 3. The molecular weight excluding hydrogens is 241 g/mol. The van der Waals surface area contributed by atoms with Crippen molar-refractivity contribution in [3.63, 3.8) is 0 Å². The fourth-order valence-corrected chi connectivity index (χ4v) is 1.12. The molecule has 0 fully saturated rings. The lowest BCUT2D eigenvalue weighted by atomic mass is 10.2. The Balaban J connectivity index is 3.15. The fourth-order valence-electron chi connectivity index (χ4n) is 1.12. The molecule has 0 radical (unpaired) electrons. The van der Waals surface area contributed by atoms with Crippen LogP contribution in [0.4, 0.5) is 13.2 Å². The van der Waals surface area contributed by atoms with Crippen molar-refractivity contribution in [3.05, 3.63) is 23.8 Å². The molecule has 0 aliphatic rings. The fraction of sp³-hybridized carbons (Fsp3) is 0.300. The summed E-state index contributed by atoms with van der Waals surface area (Å²) >= 11 is 0. The van der Waals surface area contributed by atoms with Crippen LogP contribution in [-0.4, -0.2) is 26.6 Å². The molecule has 0 amide bonds. The Morgan fingerprint density at radius 3 is 2.35 bits per heavy atom. The molecule has 0 bridgehead atoms. The Labute approximate surface area is 94.9 Å². The van der Waals surface area contributed by atoms with Crippen LogP contribution in [-0.2, 0) is 4.74 Å². The summed E-state index contributed by atoms with van der Waals surface area (Å²) in [5, 5.41) is 0. The molecule has 1 rings (SSSR count). The van der Waals surface area contributed by atoms with Gasteiger partial charge >= 0.3 is 12.3 Å². The maximum atomic E-state index is 12.1. The van der Waals surface area contributed by atoms with E-state index in [-0.39, 0.29) is 11.3 Å². The molecule has 0 heterocycles. The molecule has 0 spiro atoms. The first kappa shape index (κ1) is 13.1. The second-order valence-corrected chi connectivity index (χ2v) is 2.90. The summed E-state index contributed by atoms with van der Waals surface area (Å²) in [6.45, 7) is 0. The third-order valence-electron chi connectivity index (χ3n) is 1.82. The number of hydrogen-bond donors (Lipinski definition) is 0. The summed E-state index contributed by atoms with van der Waals surface area (Å²) in [5.74, 6) is -1.35. The SMILES string of the molecule is COC(=O)c1cc(OC)ccc1OC(F)(F)F. The Morgan fingerprint density at radius 1 is 1.24 bits per heavy atom. The van der Waals surface area contributed by atoms with Crippen molar-refractivity contribution in [1.29, 1.82) is 0 Å². The van der Waals surface area contributed by atoms with Crippen LogP contribution in [0.5, 0.6) is 11.5 Å². The van der Waals surface area contributed by atoms with Gasteiger partial charge in [-0.05, 0) is 18.2 Å². The van der Waals surface area contributed by atoms with Gasteiger partial charge in [0.25, 0.3) is 0 Å². The number of carbonyl (C=O) groups is 1. The molecule has 0 aliphatic heterocycles. The molecule has 0 aromatic heterocycles. The predicted molar refractivity (Wildman–Crippen MR) is 51.0 cm³/mol. The normalized spacial score (nSPS) is 10.9. The van der Waals surface area contributed by atoms with Crippen LogP contribution in [0.25, 0.3) is 0 Å². The van der Waals surface area contributed by atoms with Gasteiger partial charge in [0.2, 0.25) is 0 Å². The third kappa shape index (κ3) is 3.54. The van der Waals surface area contributed by atoms with E-state index in [9.17, 15) is 18.0 Å². The quantitative estimate of drug-likeness (QED) is 0.772. The molecule has 1 aromatic rings. The van der Waals surface area contributed by atoms with Gasteiger partial charge in [0.15, 0.2) is 0 Å². The highest BCUT2D eigenvalue weighted by molar-refractivity contribution is 5.92.